The molecule has 2 aromatic rings. The van der Waals surface area contributed by atoms with Crippen LogP contribution < -0.4 is 10.2 Å². The summed E-state index contributed by atoms with van der Waals surface area (Å²) in [5.74, 6) is 2.07. The monoisotopic (exact) mass is 352 g/mol. The number of amides is 1. The van der Waals surface area contributed by atoms with Gasteiger partial charge in [0.15, 0.2) is 5.82 Å². The van der Waals surface area contributed by atoms with Crippen LogP contribution in [0.15, 0.2) is 30.5 Å². The van der Waals surface area contributed by atoms with Crippen LogP contribution in [0.4, 0.5) is 5.82 Å². The molecule has 1 amide bonds. The highest BCUT2D eigenvalue weighted by molar-refractivity contribution is 5.98. The molecule has 0 unspecified atom stereocenters. The second-order valence-electron chi connectivity index (χ2n) is 7.22. The lowest BCUT2D eigenvalue weighted by atomic mass is 9.99. The summed E-state index contributed by atoms with van der Waals surface area (Å²) in [7, 11) is 0. The number of carbonyl (C=O) groups is 1. The van der Waals surface area contributed by atoms with Gasteiger partial charge in [0.2, 0.25) is 0 Å². The number of hydrogen-bond acceptors (Lipinski definition) is 4. The summed E-state index contributed by atoms with van der Waals surface area (Å²) in [6.45, 7) is 8.91. The zero-order valence-electron chi connectivity index (χ0n) is 16.0. The SMILES string of the molecule is CCCNC(=O)c1cnc(-c2ccc(C)cc2)nc1N1CCC(C)CC1. The average Bonchev–Trinajstić information content (AvgIpc) is 2.67. The summed E-state index contributed by atoms with van der Waals surface area (Å²) in [6, 6.07) is 8.18. The van der Waals surface area contributed by atoms with Crippen molar-refractivity contribution in [3.05, 3.63) is 41.6 Å². The molecular formula is C21H28N4O. The maximum Gasteiger partial charge on any atom is 0.256 e. The molecule has 1 aromatic carbocycles. The molecule has 0 saturated carbocycles. The molecule has 0 atom stereocenters. The van der Waals surface area contributed by atoms with Gasteiger partial charge in [0, 0.05) is 31.4 Å². The molecule has 5 nitrogen and oxygen atoms in total. The van der Waals surface area contributed by atoms with Gasteiger partial charge in [0.1, 0.15) is 11.4 Å². The number of nitrogens with zero attached hydrogens (tertiary/aromatic N) is 3. The minimum absolute atomic E-state index is 0.0871. The molecule has 1 aliphatic rings. The second kappa shape index (κ2) is 8.30. The third-order valence-electron chi connectivity index (χ3n) is 4.94. The molecule has 1 N–H and O–H groups in total. The minimum atomic E-state index is -0.0871. The van der Waals surface area contributed by atoms with E-state index < -0.39 is 0 Å². The van der Waals surface area contributed by atoms with Gasteiger partial charge in [0.25, 0.3) is 5.91 Å². The topological polar surface area (TPSA) is 58.1 Å². The quantitative estimate of drug-likeness (QED) is 0.888. The molecule has 138 valence electrons. The Kier molecular flexibility index (Phi) is 5.86. The summed E-state index contributed by atoms with van der Waals surface area (Å²) in [4.78, 5) is 24.1. The van der Waals surface area contributed by atoms with Crippen LogP contribution in [0.2, 0.25) is 0 Å². The highest BCUT2D eigenvalue weighted by Crippen LogP contribution is 2.27. The molecule has 3 rings (SSSR count). The number of carbonyl (C=O) groups excluding carboxylic acids is 1. The van der Waals surface area contributed by atoms with E-state index in [1.165, 1.54) is 5.56 Å². The maximum absolute atomic E-state index is 12.6. The molecule has 1 aromatic heterocycles. The Morgan fingerprint density at radius 1 is 1.23 bits per heavy atom. The van der Waals surface area contributed by atoms with E-state index in [1.54, 1.807) is 6.20 Å². The predicted octanol–water partition coefficient (Wildman–Crippen LogP) is 3.83. The van der Waals surface area contributed by atoms with Gasteiger partial charge in [-0.25, -0.2) is 9.97 Å². The lowest BCUT2D eigenvalue weighted by Gasteiger charge is -2.32. The molecule has 1 fully saturated rings. The fourth-order valence-electron chi connectivity index (χ4n) is 3.17. The first-order chi connectivity index (χ1) is 12.6. The van der Waals surface area contributed by atoms with E-state index in [-0.39, 0.29) is 5.91 Å². The van der Waals surface area contributed by atoms with Crippen LogP contribution in [0.3, 0.4) is 0 Å². The average molecular weight is 352 g/mol. The van der Waals surface area contributed by atoms with Crippen LogP contribution in [0, 0.1) is 12.8 Å². The fraction of sp³-hybridized carbons (Fsp3) is 0.476. The summed E-state index contributed by atoms with van der Waals surface area (Å²) < 4.78 is 0. The highest BCUT2D eigenvalue weighted by atomic mass is 16.1. The van der Waals surface area contributed by atoms with Crippen molar-refractivity contribution in [3.63, 3.8) is 0 Å². The van der Waals surface area contributed by atoms with Crippen molar-refractivity contribution in [2.75, 3.05) is 24.5 Å². The van der Waals surface area contributed by atoms with Crippen LogP contribution in [-0.2, 0) is 0 Å². The Bertz CT molecular complexity index is 749. The van der Waals surface area contributed by atoms with Crippen molar-refractivity contribution in [2.45, 2.75) is 40.0 Å². The molecule has 1 saturated heterocycles. The molecule has 2 heterocycles. The summed E-state index contributed by atoms with van der Waals surface area (Å²) in [5, 5.41) is 2.96. The largest absolute Gasteiger partial charge is 0.356 e. The van der Waals surface area contributed by atoms with Crippen molar-refractivity contribution in [1.82, 2.24) is 15.3 Å². The Hall–Kier alpha value is -2.43. The van der Waals surface area contributed by atoms with E-state index in [2.05, 4.69) is 41.2 Å². The Balaban J connectivity index is 1.96. The molecule has 1 aliphatic heterocycles. The molecule has 5 heteroatoms. The molecule has 0 bridgehead atoms. The smallest absolute Gasteiger partial charge is 0.256 e. The number of hydrogen-bond donors (Lipinski definition) is 1. The predicted molar refractivity (Wildman–Crippen MR) is 105 cm³/mol. The van der Waals surface area contributed by atoms with Gasteiger partial charge in [-0.2, -0.15) is 0 Å². The Morgan fingerprint density at radius 3 is 2.58 bits per heavy atom. The normalized spacial score (nSPS) is 15.1. The van der Waals surface area contributed by atoms with E-state index >= 15 is 0 Å². The van der Waals surface area contributed by atoms with Gasteiger partial charge in [-0.3, -0.25) is 4.79 Å². The molecule has 0 radical (unpaired) electrons. The standard InChI is InChI=1S/C21H28N4O/c1-4-11-22-21(26)18-14-23-19(17-7-5-15(2)6-8-17)24-20(18)25-12-9-16(3)10-13-25/h5-8,14,16H,4,9-13H2,1-3H3,(H,22,26). The first-order valence-corrected chi connectivity index (χ1v) is 9.55. The van der Waals surface area contributed by atoms with E-state index in [0.29, 0.717) is 17.9 Å². The number of aromatic nitrogens is 2. The van der Waals surface area contributed by atoms with Crippen molar-refractivity contribution >= 4 is 11.7 Å². The fourth-order valence-corrected chi connectivity index (χ4v) is 3.17. The highest BCUT2D eigenvalue weighted by Gasteiger charge is 2.23. The van der Waals surface area contributed by atoms with Gasteiger partial charge in [0.05, 0.1) is 0 Å². The number of nitrogens with one attached hydrogen (secondary N) is 1. The van der Waals surface area contributed by atoms with E-state index in [9.17, 15) is 4.79 Å². The van der Waals surface area contributed by atoms with Crippen molar-refractivity contribution in [1.29, 1.82) is 0 Å². The van der Waals surface area contributed by atoms with Crippen LogP contribution in [0.5, 0.6) is 0 Å². The molecule has 0 spiro atoms. The van der Waals surface area contributed by atoms with Crippen LogP contribution >= 0.6 is 0 Å². The van der Waals surface area contributed by atoms with Crippen LogP contribution in [-0.4, -0.2) is 35.5 Å². The Morgan fingerprint density at radius 2 is 1.92 bits per heavy atom. The zero-order chi connectivity index (χ0) is 18.5. The first-order valence-electron chi connectivity index (χ1n) is 9.55. The minimum Gasteiger partial charge on any atom is -0.356 e. The summed E-state index contributed by atoms with van der Waals surface area (Å²) >= 11 is 0. The van der Waals surface area contributed by atoms with Gasteiger partial charge < -0.3 is 10.2 Å². The zero-order valence-corrected chi connectivity index (χ0v) is 16.0. The third-order valence-corrected chi connectivity index (χ3v) is 4.94. The number of benzene rings is 1. The van der Waals surface area contributed by atoms with Crippen molar-refractivity contribution in [2.24, 2.45) is 5.92 Å². The molecule has 26 heavy (non-hydrogen) atoms. The Labute approximate surface area is 155 Å². The van der Waals surface area contributed by atoms with E-state index in [0.717, 1.165) is 49.7 Å². The third kappa shape index (κ3) is 4.21. The number of rotatable bonds is 5. The lowest BCUT2D eigenvalue weighted by Crippen LogP contribution is -2.36. The number of anilines is 1. The van der Waals surface area contributed by atoms with Gasteiger partial charge in [-0.1, -0.05) is 43.7 Å². The van der Waals surface area contributed by atoms with Crippen LogP contribution in [0.25, 0.3) is 11.4 Å². The van der Waals surface area contributed by atoms with Crippen molar-refractivity contribution in [3.8, 4) is 11.4 Å². The molecule has 0 aliphatic carbocycles. The number of piperidine rings is 1. The van der Waals surface area contributed by atoms with E-state index in [1.807, 2.05) is 19.1 Å². The summed E-state index contributed by atoms with van der Waals surface area (Å²) in [5.41, 5.74) is 2.75. The van der Waals surface area contributed by atoms with Crippen LogP contribution in [0.1, 0.15) is 49.0 Å². The van der Waals surface area contributed by atoms with Gasteiger partial charge in [-0.05, 0) is 32.1 Å². The lowest BCUT2D eigenvalue weighted by molar-refractivity contribution is 0.0953. The van der Waals surface area contributed by atoms with Crippen molar-refractivity contribution < 1.29 is 4.79 Å². The van der Waals surface area contributed by atoms with E-state index in [4.69, 9.17) is 4.98 Å². The second-order valence-corrected chi connectivity index (χ2v) is 7.22. The summed E-state index contributed by atoms with van der Waals surface area (Å²) in [6.07, 6.45) is 4.84. The first kappa shape index (κ1) is 18.4. The molecular weight excluding hydrogens is 324 g/mol. The van der Waals surface area contributed by atoms with Gasteiger partial charge in [-0.15, -0.1) is 0 Å². The van der Waals surface area contributed by atoms with Gasteiger partial charge >= 0.3 is 0 Å². The number of aryl methyl sites for hydroxylation is 1. The maximum atomic E-state index is 12.6.